The average molecular weight is 453 g/mol. The highest BCUT2D eigenvalue weighted by Gasteiger charge is 2.37. The molecular formula is C24H32N4O3Si. The summed E-state index contributed by atoms with van der Waals surface area (Å²) in [5, 5.41) is 0.127. The van der Waals surface area contributed by atoms with Gasteiger partial charge in [-0.25, -0.2) is 15.0 Å². The van der Waals surface area contributed by atoms with Gasteiger partial charge in [0.05, 0.1) is 12.8 Å². The number of benzene rings is 1. The Bertz CT molecular complexity index is 1100. The standard InChI is InChI=1S/C24H32N4O3Si/c1-18(29)30-17-22-26-20-16-25-21(13-12-19-10-8-7-9-11-19)27-23(20)28(22)14-15-31-32(5,6)24(2,3)4/h7-13,16H,14-15,17H2,1-6H3. The molecule has 2 aromatic heterocycles. The minimum Gasteiger partial charge on any atom is -0.458 e. The molecule has 0 aliphatic heterocycles. The Morgan fingerprint density at radius 3 is 2.50 bits per heavy atom. The van der Waals surface area contributed by atoms with Gasteiger partial charge in [-0.3, -0.25) is 4.79 Å². The van der Waals surface area contributed by atoms with E-state index in [1.165, 1.54) is 6.92 Å². The Labute approximate surface area is 190 Å². The highest BCUT2D eigenvalue weighted by Crippen LogP contribution is 2.36. The summed E-state index contributed by atoms with van der Waals surface area (Å²) >= 11 is 0. The van der Waals surface area contributed by atoms with E-state index >= 15 is 0 Å². The summed E-state index contributed by atoms with van der Waals surface area (Å²) < 4.78 is 13.5. The summed E-state index contributed by atoms with van der Waals surface area (Å²) in [4.78, 5) is 25.1. The van der Waals surface area contributed by atoms with Gasteiger partial charge in [-0.05, 0) is 29.8 Å². The summed E-state index contributed by atoms with van der Waals surface area (Å²) in [6.07, 6.45) is 5.56. The number of fused-ring (bicyclic) bond motifs is 1. The van der Waals surface area contributed by atoms with Gasteiger partial charge >= 0.3 is 5.97 Å². The Morgan fingerprint density at radius 1 is 1.12 bits per heavy atom. The lowest BCUT2D eigenvalue weighted by Gasteiger charge is -2.36. The fourth-order valence-electron chi connectivity index (χ4n) is 2.91. The topological polar surface area (TPSA) is 79.1 Å². The lowest BCUT2D eigenvalue weighted by Crippen LogP contribution is -2.41. The normalized spacial score (nSPS) is 12.6. The van der Waals surface area contributed by atoms with Crippen LogP contribution < -0.4 is 0 Å². The van der Waals surface area contributed by atoms with Gasteiger partial charge in [-0.2, -0.15) is 0 Å². The predicted octanol–water partition coefficient (Wildman–Crippen LogP) is 5.08. The predicted molar refractivity (Wildman–Crippen MR) is 129 cm³/mol. The van der Waals surface area contributed by atoms with Crippen molar-refractivity contribution in [1.29, 1.82) is 0 Å². The summed E-state index contributed by atoms with van der Waals surface area (Å²) in [7, 11) is -1.88. The van der Waals surface area contributed by atoms with Crippen LogP contribution in [0.5, 0.6) is 0 Å². The quantitative estimate of drug-likeness (QED) is 0.350. The van der Waals surface area contributed by atoms with Crippen LogP contribution in [-0.2, 0) is 27.1 Å². The Kier molecular flexibility index (Phi) is 7.25. The largest absolute Gasteiger partial charge is 0.458 e. The van der Waals surface area contributed by atoms with E-state index in [9.17, 15) is 4.79 Å². The molecule has 3 rings (SSSR count). The third-order valence-electron chi connectivity index (χ3n) is 5.80. The van der Waals surface area contributed by atoms with E-state index in [-0.39, 0.29) is 17.6 Å². The van der Waals surface area contributed by atoms with Crippen molar-refractivity contribution in [3.8, 4) is 0 Å². The van der Waals surface area contributed by atoms with E-state index in [1.807, 2.05) is 47.1 Å². The fraction of sp³-hybridized carbons (Fsp3) is 0.417. The maximum atomic E-state index is 11.4. The maximum absolute atomic E-state index is 11.4. The molecule has 8 heteroatoms. The SMILES string of the molecule is CC(=O)OCc1nc2cnc(C=Cc3ccccc3)nc2n1CCO[Si](C)(C)C(C)(C)C. The number of esters is 1. The zero-order valence-electron chi connectivity index (χ0n) is 19.8. The molecule has 0 saturated carbocycles. The number of hydrogen-bond acceptors (Lipinski definition) is 6. The fourth-order valence-corrected chi connectivity index (χ4v) is 3.95. The summed E-state index contributed by atoms with van der Waals surface area (Å²) in [6, 6.07) is 10.0. The monoisotopic (exact) mass is 452 g/mol. The second-order valence-corrected chi connectivity index (χ2v) is 14.1. The molecule has 3 aromatic rings. The number of hydrogen-bond donors (Lipinski definition) is 0. The van der Waals surface area contributed by atoms with Crippen LogP contribution in [0.15, 0.2) is 36.5 Å². The van der Waals surface area contributed by atoms with Crippen LogP contribution in [0.3, 0.4) is 0 Å². The molecular weight excluding hydrogens is 420 g/mol. The molecule has 0 radical (unpaired) electrons. The molecule has 0 amide bonds. The van der Waals surface area contributed by atoms with Crippen LogP contribution in [0.1, 0.15) is 44.9 Å². The highest BCUT2D eigenvalue weighted by molar-refractivity contribution is 6.74. The number of rotatable bonds is 8. The van der Waals surface area contributed by atoms with Gasteiger partial charge in [0.1, 0.15) is 17.9 Å². The van der Waals surface area contributed by atoms with Crippen LogP contribution in [0.25, 0.3) is 23.3 Å². The molecule has 2 heterocycles. The van der Waals surface area contributed by atoms with Gasteiger partial charge in [0.15, 0.2) is 19.8 Å². The lowest BCUT2D eigenvalue weighted by molar-refractivity contribution is -0.142. The van der Waals surface area contributed by atoms with Gasteiger partial charge < -0.3 is 13.7 Å². The van der Waals surface area contributed by atoms with Crippen LogP contribution >= 0.6 is 0 Å². The first kappa shape index (κ1) is 23.8. The Hall–Kier alpha value is -2.84. The molecule has 0 spiro atoms. The smallest absolute Gasteiger partial charge is 0.303 e. The molecule has 170 valence electrons. The van der Waals surface area contributed by atoms with Gasteiger partial charge in [0.2, 0.25) is 0 Å². The molecule has 0 bridgehead atoms. The van der Waals surface area contributed by atoms with Crippen LogP contribution in [0.2, 0.25) is 18.1 Å². The van der Waals surface area contributed by atoms with Crippen molar-refractivity contribution in [1.82, 2.24) is 19.5 Å². The van der Waals surface area contributed by atoms with Crippen molar-refractivity contribution in [3.63, 3.8) is 0 Å². The molecule has 7 nitrogen and oxygen atoms in total. The Morgan fingerprint density at radius 2 is 1.84 bits per heavy atom. The van der Waals surface area contributed by atoms with Gasteiger partial charge in [-0.15, -0.1) is 0 Å². The molecule has 32 heavy (non-hydrogen) atoms. The molecule has 0 aliphatic carbocycles. The van der Waals surface area contributed by atoms with Crippen molar-refractivity contribution < 1.29 is 14.0 Å². The molecule has 0 fully saturated rings. The number of ether oxygens (including phenoxy) is 1. The van der Waals surface area contributed by atoms with E-state index in [0.717, 1.165) is 5.56 Å². The molecule has 0 aliphatic rings. The van der Waals surface area contributed by atoms with Gasteiger partial charge in [-0.1, -0.05) is 57.2 Å². The van der Waals surface area contributed by atoms with Crippen molar-refractivity contribution in [2.45, 2.75) is 59.0 Å². The molecule has 0 atom stereocenters. The highest BCUT2D eigenvalue weighted by atomic mass is 28.4. The van der Waals surface area contributed by atoms with E-state index in [0.29, 0.717) is 36.0 Å². The van der Waals surface area contributed by atoms with E-state index in [4.69, 9.17) is 14.1 Å². The van der Waals surface area contributed by atoms with E-state index in [2.05, 4.69) is 43.8 Å². The van der Waals surface area contributed by atoms with Crippen LogP contribution in [0.4, 0.5) is 0 Å². The second-order valence-electron chi connectivity index (χ2n) is 9.25. The first-order chi connectivity index (χ1) is 15.1. The summed E-state index contributed by atoms with van der Waals surface area (Å²) in [5.74, 6) is 0.873. The van der Waals surface area contributed by atoms with Crippen molar-refractivity contribution in [2.75, 3.05) is 6.61 Å². The van der Waals surface area contributed by atoms with Crippen molar-refractivity contribution >= 4 is 37.6 Å². The minimum absolute atomic E-state index is 0.0843. The van der Waals surface area contributed by atoms with Gasteiger partial charge in [0, 0.05) is 13.5 Å². The first-order valence-electron chi connectivity index (χ1n) is 10.8. The average Bonchev–Trinajstić information content (AvgIpc) is 3.07. The maximum Gasteiger partial charge on any atom is 0.303 e. The molecule has 0 N–H and O–H groups in total. The first-order valence-corrected chi connectivity index (χ1v) is 13.7. The molecule has 1 aromatic carbocycles. The van der Waals surface area contributed by atoms with Crippen molar-refractivity contribution in [2.24, 2.45) is 0 Å². The zero-order valence-corrected chi connectivity index (χ0v) is 20.8. The lowest BCUT2D eigenvalue weighted by atomic mass is 10.2. The van der Waals surface area contributed by atoms with Gasteiger partial charge in [0.25, 0.3) is 0 Å². The number of carbonyl (C=O) groups excluding carboxylic acids is 1. The second kappa shape index (κ2) is 9.75. The number of nitrogens with zero attached hydrogens (tertiary/aromatic N) is 4. The third-order valence-corrected chi connectivity index (χ3v) is 10.3. The minimum atomic E-state index is -1.88. The zero-order chi connectivity index (χ0) is 23.4. The van der Waals surface area contributed by atoms with Crippen LogP contribution in [-0.4, -0.2) is 40.4 Å². The Balaban J connectivity index is 1.88. The summed E-state index contributed by atoms with van der Waals surface area (Å²) in [6.45, 7) is 13.7. The number of imidazole rings is 1. The molecule has 0 unspecified atom stereocenters. The van der Waals surface area contributed by atoms with E-state index in [1.54, 1.807) is 6.20 Å². The van der Waals surface area contributed by atoms with Crippen LogP contribution in [0, 0.1) is 0 Å². The van der Waals surface area contributed by atoms with Crippen molar-refractivity contribution in [3.05, 3.63) is 53.7 Å². The number of carbonyl (C=O) groups is 1. The molecule has 0 saturated heterocycles. The van der Waals surface area contributed by atoms with E-state index < -0.39 is 8.32 Å². The summed E-state index contributed by atoms with van der Waals surface area (Å²) in [5.41, 5.74) is 2.44. The third kappa shape index (κ3) is 5.89. The number of aromatic nitrogens is 4.